The zero-order valence-electron chi connectivity index (χ0n) is 14.3. The molecule has 0 bridgehead atoms. The van der Waals surface area contributed by atoms with Gasteiger partial charge in [-0.15, -0.1) is 0 Å². The monoisotopic (exact) mass is 346 g/mol. The van der Waals surface area contributed by atoms with E-state index in [0.717, 1.165) is 21.7 Å². The fraction of sp³-hybridized carbons (Fsp3) is 0.278. The van der Waals surface area contributed by atoms with Crippen molar-refractivity contribution in [2.24, 2.45) is 0 Å². The van der Waals surface area contributed by atoms with Gasteiger partial charge in [0.2, 0.25) is 15.9 Å². The van der Waals surface area contributed by atoms with Crippen LogP contribution in [0.2, 0.25) is 0 Å². The maximum Gasteiger partial charge on any atom is 0.248 e. The molecule has 0 radical (unpaired) electrons. The number of amides is 1. The Labute approximate surface area is 143 Å². The first kappa shape index (κ1) is 18.0. The zero-order chi connectivity index (χ0) is 17.9. The summed E-state index contributed by atoms with van der Waals surface area (Å²) in [6, 6.07) is 13.4. The van der Waals surface area contributed by atoms with Crippen LogP contribution >= 0.6 is 0 Å². The first-order valence-corrected chi connectivity index (χ1v) is 9.47. The normalized spacial score (nSPS) is 12.5. The highest BCUT2D eigenvalue weighted by atomic mass is 32.2. The molecule has 0 aromatic heterocycles. The summed E-state index contributed by atoms with van der Waals surface area (Å²) in [4.78, 5) is 12.6. The number of rotatable bonds is 5. The number of carbonyl (C=O) groups is 1. The molecule has 1 unspecified atom stereocenters. The Balaban J connectivity index is 2.29. The van der Waals surface area contributed by atoms with Crippen molar-refractivity contribution in [3.05, 3.63) is 59.7 Å². The molecule has 0 saturated carbocycles. The topological polar surface area (TPSA) is 66.5 Å². The van der Waals surface area contributed by atoms with Crippen LogP contribution in [-0.4, -0.2) is 26.6 Å². The predicted molar refractivity (Wildman–Crippen MR) is 97.8 cm³/mol. The minimum absolute atomic E-state index is 0.378. The van der Waals surface area contributed by atoms with Gasteiger partial charge in [-0.2, -0.15) is 0 Å². The second kappa shape index (κ2) is 7.05. The number of hydrogen-bond donors (Lipinski definition) is 1. The Kier molecular flexibility index (Phi) is 5.29. The Bertz CT molecular complexity index is 833. The molecule has 2 rings (SSSR count). The Morgan fingerprint density at radius 2 is 1.71 bits per heavy atom. The first-order chi connectivity index (χ1) is 11.2. The van der Waals surface area contributed by atoms with Gasteiger partial charge in [0.05, 0.1) is 11.9 Å². The van der Waals surface area contributed by atoms with Crippen LogP contribution in [0, 0.1) is 13.8 Å². The van der Waals surface area contributed by atoms with E-state index in [1.54, 1.807) is 37.3 Å². The van der Waals surface area contributed by atoms with Gasteiger partial charge in [0.25, 0.3) is 0 Å². The Hall–Kier alpha value is -2.34. The van der Waals surface area contributed by atoms with E-state index in [0.29, 0.717) is 11.4 Å². The van der Waals surface area contributed by atoms with Crippen molar-refractivity contribution >= 4 is 27.3 Å². The highest BCUT2D eigenvalue weighted by Gasteiger charge is 2.29. The van der Waals surface area contributed by atoms with E-state index in [1.807, 2.05) is 32.0 Å². The number of anilines is 2. The molecular formula is C18H22N2O3S. The molecule has 128 valence electrons. The van der Waals surface area contributed by atoms with Crippen LogP contribution in [0.1, 0.15) is 18.1 Å². The molecule has 0 saturated heterocycles. The summed E-state index contributed by atoms with van der Waals surface area (Å²) in [6.07, 6.45) is 1.10. The van der Waals surface area contributed by atoms with Gasteiger partial charge in [0.1, 0.15) is 6.04 Å². The molecule has 6 heteroatoms. The number of aryl methyl sites for hydroxylation is 2. The largest absolute Gasteiger partial charge is 0.324 e. The molecule has 0 fully saturated rings. The summed E-state index contributed by atoms with van der Waals surface area (Å²) in [6.45, 7) is 5.45. The van der Waals surface area contributed by atoms with Crippen molar-refractivity contribution in [1.29, 1.82) is 0 Å². The van der Waals surface area contributed by atoms with Crippen LogP contribution in [0.4, 0.5) is 11.4 Å². The van der Waals surface area contributed by atoms with Gasteiger partial charge in [0.15, 0.2) is 0 Å². The minimum atomic E-state index is -3.60. The lowest BCUT2D eigenvalue weighted by Gasteiger charge is -2.28. The number of sulfonamides is 1. The van der Waals surface area contributed by atoms with E-state index in [4.69, 9.17) is 0 Å². The minimum Gasteiger partial charge on any atom is -0.324 e. The smallest absolute Gasteiger partial charge is 0.248 e. The lowest BCUT2D eigenvalue weighted by molar-refractivity contribution is -0.116. The van der Waals surface area contributed by atoms with E-state index in [2.05, 4.69) is 5.32 Å². The van der Waals surface area contributed by atoms with Crippen molar-refractivity contribution in [3.8, 4) is 0 Å². The third kappa shape index (κ3) is 4.14. The Morgan fingerprint density at radius 3 is 2.25 bits per heavy atom. The van der Waals surface area contributed by atoms with Crippen molar-refractivity contribution < 1.29 is 13.2 Å². The van der Waals surface area contributed by atoms with Crippen molar-refractivity contribution in [3.63, 3.8) is 0 Å². The van der Waals surface area contributed by atoms with Crippen LogP contribution < -0.4 is 9.62 Å². The molecule has 0 aliphatic rings. The summed E-state index contributed by atoms with van der Waals surface area (Å²) >= 11 is 0. The third-order valence-electron chi connectivity index (χ3n) is 3.74. The van der Waals surface area contributed by atoms with Gasteiger partial charge in [0, 0.05) is 5.69 Å². The number of benzene rings is 2. The first-order valence-electron chi connectivity index (χ1n) is 7.62. The molecular weight excluding hydrogens is 324 g/mol. The maximum absolute atomic E-state index is 12.6. The van der Waals surface area contributed by atoms with Gasteiger partial charge in [-0.3, -0.25) is 9.10 Å². The summed E-state index contributed by atoms with van der Waals surface area (Å²) in [5.41, 5.74) is 3.17. The molecule has 0 aliphatic heterocycles. The lowest BCUT2D eigenvalue weighted by Crippen LogP contribution is -2.45. The second-order valence-electron chi connectivity index (χ2n) is 5.88. The zero-order valence-corrected chi connectivity index (χ0v) is 15.1. The molecule has 5 nitrogen and oxygen atoms in total. The molecule has 0 aliphatic carbocycles. The van der Waals surface area contributed by atoms with Crippen LogP contribution in [0.5, 0.6) is 0 Å². The maximum atomic E-state index is 12.6. The SMILES string of the molecule is Cc1ccc(NC(=O)C(C)N(c2ccccc2)S(C)(=O)=O)c(C)c1. The van der Waals surface area contributed by atoms with Gasteiger partial charge in [-0.1, -0.05) is 35.9 Å². The standard InChI is InChI=1S/C18H22N2O3S/c1-13-10-11-17(14(2)12-13)19-18(21)15(3)20(24(4,22)23)16-8-6-5-7-9-16/h5-12,15H,1-4H3,(H,19,21). The fourth-order valence-corrected chi connectivity index (χ4v) is 3.75. The van der Waals surface area contributed by atoms with Crippen LogP contribution in [0.15, 0.2) is 48.5 Å². The summed E-state index contributed by atoms with van der Waals surface area (Å²) < 4.78 is 25.5. The van der Waals surface area contributed by atoms with E-state index in [9.17, 15) is 13.2 Å². The number of para-hydroxylation sites is 1. The molecule has 2 aromatic carbocycles. The molecule has 0 spiro atoms. The lowest BCUT2D eigenvalue weighted by atomic mass is 10.1. The van der Waals surface area contributed by atoms with Crippen molar-refractivity contribution in [2.75, 3.05) is 15.9 Å². The highest BCUT2D eigenvalue weighted by molar-refractivity contribution is 7.92. The van der Waals surface area contributed by atoms with Crippen molar-refractivity contribution in [2.45, 2.75) is 26.8 Å². The number of nitrogens with zero attached hydrogens (tertiary/aromatic N) is 1. The second-order valence-corrected chi connectivity index (χ2v) is 7.74. The predicted octanol–water partition coefficient (Wildman–Crippen LogP) is 3.10. The number of nitrogens with one attached hydrogen (secondary N) is 1. The fourth-order valence-electron chi connectivity index (χ4n) is 2.57. The summed E-state index contributed by atoms with van der Waals surface area (Å²) in [5, 5.41) is 2.81. The highest BCUT2D eigenvalue weighted by Crippen LogP contribution is 2.22. The van der Waals surface area contributed by atoms with Crippen LogP contribution in [-0.2, 0) is 14.8 Å². The summed E-state index contributed by atoms with van der Waals surface area (Å²) in [5.74, 6) is -0.378. The quantitative estimate of drug-likeness (QED) is 0.905. The molecule has 1 N–H and O–H groups in total. The van der Waals surface area contributed by atoms with Gasteiger partial charge >= 0.3 is 0 Å². The van der Waals surface area contributed by atoms with E-state index in [1.165, 1.54) is 0 Å². The van der Waals surface area contributed by atoms with Crippen molar-refractivity contribution in [1.82, 2.24) is 0 Å². The third-order valence-corrected chi connectivity index (χ3v) is 4.98. The number of carbonyl (C=O) groups excluding carboxylic acids is 1. The molecule has 24 heavy (non-hydrogen) atoms. The molecule has 1 amide bonds. The van der Waals surface area contributed by atoms with Gasteiger partial charge in [-0.25, -0.2) is 8.42 Å². The summed E-state index contributed by atoms with van der Waals surface area (Å²) in [7, 11) is -3.60. The van der Waals surface area contributed by atoms with Gasteiger partial charge in [-0.05, 0) is 44.5 Å². The van der Waals surface area contributed by atoms with E-state index >= 15 is 0 Å². The van der Waals surface area contributed by atoms with E-state index in [-0.39, 0.29) is 5.91 Å². The average molecular weight is 346 g/mol. The van der Waals surface area contributed by atoms with Crippen LogP contribution in [0.3, 0.4) is 0 Å². The molecule has 2 aromatic rings. The van der Waals surface area contributed by atoms with Crippen LogP contribution in [0.25, 0.3) is 0 Å². The van der Waals surface area contributed by atoms with E-state index < -0.39 is 16.1 Å². The molecule has 0 heterocycles. The Morgan fingerprint density at radius 1 is 1.08 bits per heavy atom. The molecule has 1 atom stereocenters. The van der Waals surface area contributed by atoms with Gasteiger partial charge < -0.3 is 5.32 Å². The average Bonchev–Trinajstić information content (AvgIpc) is 2.49. The number of hydrogen-bond acceptors (Lipinski definition) is 3.